The summed E-state index contributed by atoms with van der Waals surface area (Å²) in [5, 5.41) is 3.64. The third-order valence-electron chi connectivity index (χ3n) is 2.78. The van der Waals surface area contributed by atoms with Crippen LogP contribution in [-0.4, -0.2) is 6.54 Å². The smallest absolute Gasteiger partial charge is 0.0333 e. The van der Waals surface area contributed by atoms with Crippen LogP contribution in [0.3, 0.4) is 0 Å². The van der Waals surface area contributed by atoms with Gasteiger partial charge in [0.15, 0.2) is 0 Å². The van der Waals surface area contributed by atoms with Gasteiger partial charge < -0.3 is 5.32 Å². The summed E-state index contributed by atoms with van der Waals surface area (Å²) in [5.74, 6) is 0. The number of hydrogen-bond donors (Lipinski definition) is 1. The number of hydrogen-bond acceptors (Lipinski definition) is 1. The maximum atomic E-state index is 3.99. The highest BCUT2D eigenvalue weighted by atomic mass is 127. The van der Waals surface area contributed by atoms with Crippen molar-refractivity contribution in [2.45, 2.75) is 39.2 Å². The molecule has 0 aromatic heterocycles. The Labute approximate surface area is 119 Å². The van der Waals surface area contributed by atoms with Crippen LogP contribution >= 0.6 is 22.6 Å². The van der Waals surface area contributed by atoms with Gasteiger partial charge in [-0.2, -0.15) is 0 Å². The van der Waals surface area contributed by atoms with E-state index in [2.05, 4.69) is 72.6 Å². The van der Waals surface area contributed by atoms with Crippen molar-refractivity contribution in [3.63, 3.8) is 0 Å². The first-order chi connectivity index (χ1) is 8.15. The molecule has 94 valence electrons. The Balaban J connectivity index is 2.74. The van der Waals surface area contributed by atoms with E-state index in [1.54, 1.807) is 0 Å². The Kier molecular flexibility index (Phi) is 6.82. The lowest BCUT2D eigenvalue weighted by Gasteiger charge is -2.20. The van der Waals surface area contributed by atoms with Crippen LogP contribution in [0.2, 0.25) is 0 Å². The largest absolute Gasteiger partial charge is 0.310 e. The lowest BCUT2D eigenvalue weighted by atomic mass is 10.00. The van der Waals surface area contributed by atoms with E-state index in [0.29, 0.717) is 6.04 Å². The van der Waals surface area contributed by atoms with Crippen molar-refractivity contribution in [3.8, 4) is 0 Å². The third kappa shape index (κ3) is 5.21. The fourth-order valence-electron chi connectivity index (χ4n) is 1.83. The van der Waals surface area contributed by atoms with Crippen LogP contribution in [0.5, 0.6) is 0 Å². The molecule has 0 saturated carbocycles. The topological polar surface area (TPSA) is 12.0 Å². The molecule has 1 aromatic rings. The zero-order valence-corrected chi connectivity index (χ0v) is 13.0. The van der Waals surface area contributed by atoms with Gasteiger partial charge in [-0.05, 0) is 67.0 Å². The summed E-state index contributed by atoms with van der Waals surface area (Å²) in [6, 6.07) is 9.09. The second-order valence-electron chi connectivity index (χ2n) is 4.52. The van der Waals surface area contributed by atoms with E-state index in [1.807, 2.05) is 0 Å². The molecule has 1 aromatic carbocycles. The summed E-state index contributed by atoms with van der Waals surface area (Å²) in [5.41, 5.74) is 2.68. The Morgan fingerprint density at radius 3 is 2.71 bits per heavy atom. The molecule has 0 aliphatic carbocycles. The van der Waals surface area contributed by atoms with Gasteiger partial charge in [0.05, 0.1) is 0 Å². The molecule has 0 fully saturated rings. The molecule has 0 aliphatic rings. The van der Waals surface area contributed by atoms with Crippen LogP contribution in [0.1, 0.15) is 44.7 Å². The van der Waals surface area contributed by atoms with E-state index in [0.717, 1.165) is 19.4 Å². The summed E-state index contributed by atoms with van der Waals surface area (Å²) in [7, 11) is 0. The van der Waals surface area contributed by atoms with Gasteiger partial charge in [0.2, 0.25) is 0 Å². The molecule has 1 N–H and O–H groups in total. The summed E-state index contributed by atoms with van der Waals surface area (Å²) in [6.07, 6.45) is 3.40. The molecule has 0 radical (unpaired) electrons. The molecule has 0 heterocycles. The number of allylic oxidation sites excluding steroid dienone is 1. The minimum atomic E-state index is 0.458. The van der Waals surface area contributed by atoms with Crippen molar-refractivity contribution in [3.05, 3.63) is 45.6 Å². The minimum absolute atomic E-state index is 0.458. The first-order valence-electron chi connectivity index (χ1n) is 6.27. The SMILES string of the molecule is C=C(C)CCC(NCCC)c1ccccc1I. The van der Waals surface area contributed by atoms with Crippen molar-refractivity contribution < 1.29 is 0 Å². The Hall–Kier alpha value is -0.350. The molecule has 1 nitrogen and oxygen atoms in total. The van der Waals surface area contributed by atoms with Crippen LogP contribution < -0.4 is 5.32 Å². The Bertz CT molecular complexity index is 360. The monoisotopic (exact) mass is 343 g/mol. The number of halogens is 1. The zero-order chi connectivity index (χ0) is 12.7. The summed E-state index contributed by atoms with van der Waals surface area (Å²) in [6.45, 7) is 9.38. The molecule has 1 rings (SSSR count). The molecule has 0 amide bonds. The molecule has 0 bridgehead atoms. The van der Waals surface area contributed by atoms with Crippen molar-refractivity contribution in [2.75, 3.05) is 6.54 Å². The van der Waals surface area contributed by atoms with E-state index in [4.69, 9.17) is 0 Å². The minimum Gasteiger partial charge on any atom is -0.310 e. The molecule has 0 spiro atoms. The molecule has 1 atom stereocenters. The normalized spacial score (nSPS) is 12.4. The van der Waals surface area contributed by atoms with Crippen LogP contribution in [0.25, 0.3) is 0 Å². The van der Waals surface area contributed by atoms with Crippen LogP contribution in [0.4, 0.5) is 0 Å². The molecular formula is C15H22IN. The fraction of sp³-hybridized carbons (Fsp3) is 0.467. The van der Waals surface area contributed by atoms with Gasteiger partial charge in [-0.25, -0.2) is 0 Å². The maximum Gasteiger partial charge on any atom is 0.0333 e. The van der Waals surface area contributed by atoms with E-state index >= 15 is 0 Å². The van der Waals surface area contributed by atoms with E-state index in [9.17, 15) is 0 Å². The van der Waals surface area contributed by atoms with Gasteiger partial charge >= 0.3 is 0 Å². The second-order valence-corrected chi connectivity index (χ2v) is 5.69. The van der Waals surface area contributed by atoms with Crippen LogP contribution in [-0.2, 0) is 0 Å². The number of rotatable bonds is 7. The fourth-order valence-corrected chi connectivity index (χ4v) is 2.60. The molecular weight excluding hydrogens is 321 g/mol. The van der Waals surface area contributed by atoms with E-state index in [1.165, 1.54) is 21.1 Å². The van der Waals surface area contributed by atoms with Gasteiger partial charge in [0.25, 0.3) is 0 Å². The first kappa shape index (κ1) is 14.7. The Morgan fingerprint density at radius 1 is 1.41 bits per heavy atom. The summed E-state index contributed by atoms with van der Waals surface area (Å²) < 4.78 is 1.35. The summed E-state index contributed by atoms with van der Waals surface area (Å²) >= 11 is 2.42. The molecule has 2 heteroatoms. The van der Waals surface area contributed by atoms with Gasteiger partial charge in [0.1, 0.15) is 0 Å². The van der Waals surface area contributed by atoms with Crippen LogP contribution in [0, 0.1) is 3.57 Å². The standard InChI is InChI=1S/C15H22IN/c1-4-11-17-15(10-9-12(2)3)13-7-5-6-8-14(13)16/h5-8,15,17H,2,4,9-11H2,1,3H3. The zero-order valence-electron chi connectivity index (χ0n) is 10.8. The van der Waals surface area contributed by atoms with Gasteiger partial charge in [0, 0.05) is 9.61 Å². The van der Waals surface area contributed by atoms with Crippen molar-refractivity contribution in [1.29, 1.82) is 0 Å². The number of nitrogens with one attached hydrogen (secondary N) is 1. The third-order valence-corrected chi connectivity index (χ3v) is 3.76. The quantitative estimate of drug-likeness (QED) is 0.560. The van der Waals surface area contributed by atoms with Gasteiger partial charge in [-0.1, -0.05) is 30.7 Å². The first-order valence-corrected chi connectivity index (χ1v) is 7.35. The van der Waals surface area contributed by atoms with E-state index < -0.39 is 0 Å². The highest BCUT2D eigenvalue weighted by Gasteiger charge is 2.12. The Morgan fingerprint density at radius 2 is 2.12 bits per heavy atom. The van der Waals surface area contributed by atoms with Gasteiger partial charge in [-0.3, -0.25) is 0 Å². The highest BCUT2D eigenvalue weighted by molar-refractivity contribution is 14.1. The molecule has 17 heavy (non-hydrogen) atoms. The maximum absolute atomic E-state index is 3.99. The lowest BCUT2D eigenvalue weighted by Crippen LogP contribution is -2.23. The van der Waals surface area contributed by atoms with Crippen molar-refractivity contribution in [2.24, 2.45) is 0 Å². The second kappa shape index (κ2) is 7.88. The van der Waals surface area contributed by atoms with Crippen molar-refractivity contribution in [1.82, 2.24) is 5.32 Å². The average molecular weight is 343 g/mol. The van der Waals surface area contributed by atoms with Crippen LogP contribution in [0.15, 0.2) is 36.4 Å². The lowest BCUT2D eigenvalue weighted by molar-refractivity contribution is 0.497. The number of benzene rings is 1. The predicted octanol–water partition coefficient (Wildman–Crippen LogP) is 4.69. The summed E-state index contributed by atoms with van der Waals surface area (Å²) in [4.78, 5) is 0. The van der Waals surface area contributed by atoms with Gasteiger partial charge in [-0.15, -0.1) is 6.58 Å². The van der Waals surface area contributed by atoms with E-state index in [-0.39, 0.29) is 0 Å². The molecule has 0 aliphatic heterocycles. The van der Waals surface area contributed by atoms with Crippen molar-refractivity contribution >= 4 is 22.6 Å². The molecule has 0 saturated heterocycles. The highest BCUT2D eigenvalue weighted by Crippen LogP contribution is 2.24. The average Bonchev–Trinajstić information content (AvgIpc) is 2.30. The predicted molar refractivity (Wildman–Crippen MR) is 84.2 cm³/mol. The molecule has 1 unspecified atom stereocenters.